The van der Waals surface area contributed by atoms with E-state index in [4.69, 9.17) is 4.74 Å². The molecule has 1 aliphatic heterocycles. The van der Waals surface area contributed by atoms with Crippen LogP contribution in [0.15, 0.2) is 48.9 Å². The molecule has 1 N–H and O–H groups in total. The van der Waals surface area contributed by atoms with Crippen molar-refractivity contribution in [3.05, 3.63) is 66.0 Å². The van der Waals surface area contributed by atoms with Gasteiger partial charge in [-0.3, -0.25) is 14.9 Å². The Kier molecular flexibility index (Phi) is 5.06. The van der Waals surface area contributed by atoms with E-state index in [1.54, 1.807) is 30.7 Å². The van der Waals surface area contributed by atoms with Crippen molar-refractivity contribution in [3.8, 4) is 16.9 Å². The van der Waals surface area contributed by atoms with E-state index in [0.717, 1.165) is 29.7 Å². The molecule has 1 aromatic carbocycles. The lowest BCUT2D eigenvalue weighted by Crippen LogP contribution is -2.32. The van der Waals surface area contributed by atoms with Crippen molar-refractivity contribution in [1.82, 2.24) is 20.1 Å². The van der Waals surface area contributed by atoms with Gasteiger partial charge >= 0.3 is 0 Å². The van der Waals surface area contributed by atoms with Crippen LogP contribution in [0.5, 0.6) is 5.75 Å². The number of hydrogen-bond donors (Lipinski definition) is 1. The van der Waals surface area contributed by atoms with Gasteiger partial charge in [-0.2, -0.15) is 5.10 Å². The zero-order valence-electron chi connectivity index (χ0n) is 15.6. The van der Waals surface area contributed by atoms with Crippen LogP contribution in [0.25, 0.3) is 11.1 Å². The summed E-state index contributed by atoms with van der Waals surface area (Å²) in [6.45, 7) is 0.678. The fraction of sp³-hybridized carbons (Fsp3) is 0.286. The lowest BCUT2D eigenvalue weighted by atomic mass is 10.0. The fourth-order valence-electron chi connectivity index (χ4n) is 3.77. The van der Waals surface area contributed by atoms with Crippen LogP contribution < -0.4 is 4.74 Å². The van der Waals surface area contributed by atoms with Gasteiger partial charge in [-0.05, 0) is 48.2 Å². The molecular formula is C21H21FN4O2. The summed E-state index contributed by atoms with van der Waals surface area (Å²) in [6, 6.07) is 8.42. The summed E-state index contributed by atoms with van der Waals surface area (Å²) in [4.78, 5) is 18.9. The van der Waals surface area contributed by atoms with Gasteiger partial charge in [0, 0.05) is 24.5 Å². The van der Waals surface area contributed by atoms with Crippen molar-refractivity contribution >= 4 is 5.91 Å². The zero-order valence-corrected chi connectivity index (χ0v) is 15.6. The molecule has 0 spiro atoms. The first-order valence-corrected chi connectivity index (χ1v) is 9.23. The van der Waals surface area contributed by atoms with Crippen molar-refractivity contribution in [2.45, 2.75) is 25.3 Å². The Labute approximate surface area is 162 Å². The van der Waals surface area contributed by atoms with Gasteiger partial charge in [-0.25, -0.2) is 4.39 Å². The number of amides is 1. The summed E-state index contributed by atoms with van der Waals surface area (Å²) in [5.41, 5.74) is 3.55. The largest absolute Gasteiger partial charge is 0.494 e. The molecule has 0 unspecified atom stereocenters. The highest BCUT2D eigenvalue weighted by Crippen LogP contribution is 2.36. The molecule has 2 aromatic heterocycles. The van der Waals surface area contributed by atoms with Gasteiger partial charge in [0.05, 0.1) is 31.5 Å². The predicted octanol–water partition coefficient (Wildman–Crippen LogP) is 3.53. The van der Waals surface area contributed by atoms with Gasteiger partial charge in [0.2, 0.25) is 5.91 Å². The number of pyridine rings is 1. The van der Waals surface area contributed by atoms with Crippen LogP contribution in [0.3, 0.4) is 0 Å². The minimum absolute atomic E-state index is 0.0256. The van der Waals surface area contributed by atoms with E-state index in [-0.39, 0.29) is 24.1 Å². The van der Waals surface area contributed by atoms with Gasteiger partial charge in [0.15, 0.2) is 11.6 Å². The molecule has 0 bridgehead atoms. The Balaban J connectivity index is 1.55. The summed E-state index contributed by atoms with van der Waals surface area (Å²) in [6.07, 6.45) is 7.19. The van der Waals surface area contributed by atoms with Crippen molar-refractivity contribution in [2.24, 2.45) is 0 Å². The number of nitrogens with zero attached hydrogens (tertiary/aromatic N) is 3. The normalized spacial score (nSPS) is 16.4. The van der Waals surface area contributed by atoms with Gasteiger partial charge in [0.1, 0.15) is 0 Å². The maximum Gasteiger partial charge on any atom is 0.227 e. The average Bonchev–Trinajstić information content (AvgIpc) is 3.38. The summed E-state index contributed by atoms with van der Waals surface area (Å²) < 4.78 is 18.9. The van der Waals surface area contributed by atoms with Crippen molar-refractivity contribution in [1.29, 1.82) is 0 Å². The van der Waals surface area contributed by atoms with Gasteiger partial charge in [-0.15, -0.1) is 0 Å². The molecule has 6 nitrogen and oxygen atoms in total. The third kappa shape index (κ3) is 3.47. The maximum atomic E-state index is 14.0. The van der Waals surface area contributed by atoms with E-state index < -0.39 is 5.82 Å². The highest BCUT2D eigenvalue weighted by Gasteiger charge is 2.32. The van der Waals surface area contributed by atoms with E-state index in [1.165, 1.54) is 13.2 Å². The molecule has 3 aromatic rings. The van der Waals surface area contributed by atoms with Crippen LogP contribution >= 0.6 is 0 Å². The molecule has 0 saturated carbocycles. The Bertz CT molecular complexity index is 974. The fourth-order valence-corrected chi connectivity index (χ4v) is 3.77. The third-order valence-electron chi connectivity index (χ3n) is 5.14. The maximum absolute atomic E-state index is 14.0. The Morgan fingerprint density at radius 3 is 2.89 bits per heavy atom. The summed E-state index contributed by atoms with van der Waals surface area (Å²) in [5, 5.41) is 7.28. The Morgan fingerprint density at radius 1 is 1.32 bits per heavy atom. The van der Waals surface area contributed by atoms with E-state index >= 15 is 0 Å². The number of methoxy groups -OCH3 is 1. The molecule has 1 saturated heterocycles. The monoisotopic (exact) mass is 380 g/mol. The number of hydrogen-bond acceptors (Lipinski definition) is 4. The Morgan fingerprint density at radius 2 is 2.14 bits per heavy atom. The molecule has 144 valence electrons. The lowest BCUT2D eigenvalue weighted by Gasteiger charge is -2.25. The van der Waals surface area contributed by atoms with Crippen LogP contribution in [0, 0.1) is 5.82 Å². The summed E-state index contributed by atoms with van der Waals surface area (Å²) in [7, 11) is 1.42. The standard InChI is InChI=1S/C21H21FN4O2/c1-28-19-5-4-14(11-17(19)22)12-20(27)26-10-2-3-18(26)21-16(13-24-25-21)15-6-8-23-9-7-15/h4-9,11,13,18H,2-3,10,12H2,1H3,(H,24,25)/t18-/m0/s1. The zero-order chi connectivity index (χ0) is 19.5. The first-order valence-electron chi connectivity index (χ1n) is 9.23. The van der Waals surface area contributed by atoms with E-state index in [1.807, 2.05) is 17.0 Å². The highest BCUT2D eigenvalue weighted by molar-refractivity contribution is 5.80. The number of aromatic nitrogens is 3. The SMILES string of the molecule is COc1ccc(CC(=O)N2CCC[C@H]2c2[nH]ncc2-c2ccncc2)cc1F. The van der Waals surface area contributed by atoms with E-state index in [2.05, 4.69) is 15.2 Å². The smallest absolute Gasteiger partial charge is 0.227 e. The number of rotatable bonds is 5. The van der Waals surface area contributed by atoms with Crippen LogP contribution in [0.1, 0.15) is 30.1 Å². The number of H-pyrrole nitrogens is 1. The van der Waals surface area contributed by atoms with Gasteiger partial charge in [0.25, 0.3) is 0 Å². The molecule has 1 aliphatic rings. The molecule has 1 fully saturated rings. The number of likely N-dealkylation sites (tertiary alicyclic amines) is 1. The molecule has 3 heterocycles. The average molecular weight is 380 g/mol. The second-order valence-electron chi connectivity index (χ2n) is 6.82. The number of carbonyl (C=O) groups excluding carboxylic acids is 1. The number of carbonyl (C=O) groups is 1. The van der Waals surface area contributed by atoms with Crippen LogP contribution in [-0.2, 0) is 11.2 Å². The van der Waals surface area contributed by atoms with E-state index in [9.17, 15) is 9.18 Å². The second-order valence-corrected chi connectivity index (χ2v) is 6.82. The number of halogens is 1. The molecule has 28 heavy (non-hydrogen) atoms. The van der Waals surface area contributed by atoms with Crippen molar-refractivity contribution in [3.63, 3.8) is 0 Å². The Hall–Kier alpha value is -3.22. The minimum atomic E-state index is -0.459. The molecule has 0 radical (unpaired) electrons. The van der Waals surface area contributed by atoms with Crippen LogP contribution in [0.2, 0.25) is 0 Å². The summed E-state index contributed by atoms with van der Waals surface area (Å²) >= 11 is 0. The minimum Gasteiger partial charge on any atom is -0.494 e. The first kappa shape index (κ1) is 18.2. The third-order valence-corrected chi connectivity index (χ3v) is 5.14. The number of nitrogens with one attached hydrogen (secondary N) is 1. The summed E-state index contributed by atoms with van der Waals surface area (Å²) in [5.74, 6) is -0.309. The van der Waals surface area contributed by atoms with Crippen LogP contribution in [0.4, 0.5) is 4.39 Å². The molecular weight excluding hydrogens is 359 g/mol. The topological polar surface area (TPSA) is 71.1 Å². The van der Waals surface area contributed by atoms with Crippen molar-refractivity contribution < 1.29 is 13.9 Å². The molecule has 7 heteroatoms. The van der Waals surface area contributed by atoms with Crippen molar-refractivity contribution in [2.75, 3.05) is 13.7 Å². The van der Waals surface area contributed by atoms with Gasteiger partial charge < -0.3 is 9.64 Å². The first-order chi connectivity index (χ1) is 13.7. The molecule has 1 atom stereocenters. The number of aromatic amines is 1. The quantitative estimate of drug-likeness (QED) is 0.735. The second kappa shape index (κ2) is 7.80. The van der Waals surface area contributed by atoms with E-state index in [0.29, 0.717) is 12.1 Å². The predicted molar refractivity (Wildman–Crippen MR) is 102 cm³/mol. The van der Waals surface area contributed by atoms with Crippen LogP contribution in [-0.4, -0.2) is 39.6 Å². The number of ether oxygens (including phenoxy) is 1. The number of benzene rings is 1. The molecule has 0 aliphatic carbocycles. The van der Waals surface area contributed by atoms with Gasteiger partial charge in [-0.1, -0.05) is 6.07 Å². The molecule has 1 amide bonds. The lowest BCUT2D eigenvalue weighted by molar-refractivity contribution is -0.131. The highest BCUT2D eigenvalue weighted by atomic mass is 19.1. The molecule has 4 rings (SSSR count).